The second kappa shape index (κ2) is 9.49. The van der Waals surface area contributed by atoms with Gasteiger partial charge in [-0.1, -0.05) is 48.5 Å². The second-order valence-corrected chi connectivity index (χ2v) is 6.62. The largest absolute Gasteiger partial charge is 0.398 e. The average Bonchev–Trinajstić information content (AvgIpc) is 2.78. The third-order valence-corrected chi connectivity index (χ3v) is 4.53. The third kappa shape index (κ3) is 4.89. The van der Waals surface area contributed by atoms with E-state index in [4.69, 9.17) is 11.1 Å². The van der Waals surface area contributed by atoms with Crippen LogP contribution in [-0.2, 0) is 4.79 Å². The van der Waals surface area contributed by atoms with Gasteiger partial charge in [0.05, 0.1) is 12.6 Å². The normalized spacial score (nSPS) is 11.4. The molecule has 0 radical (unpaired) electrons. The Morgan fingerprint density at radius 1 is 0.967 bits per heavy atom. The smallest absolute Gasteiger partial charge is 0.274 e. The Morgan fingerprint density at radius 3 is 2.23 bits per heavy atom. The van der Waals surface area contributed by atoms with Crippen LogP contribution >= 0.6 is 0 Å². The van der Waals surface area contributed by atoms with E-state index in [2.05, 4.69) is 10.6 Å². The molecule has 0 spiro atoms. The summed E-state index contributed by atoms with van der Waals surface area (Å²) in [5.74, 6) is -1.08. The second-order valence-electron chi connectivity index (χ2n) is 6.62. The first-order chi connectivity index (χ1) is 14.5. The Morgan fingerprint density at radius 2 is 1.60 bits per heavy atom. The molecule has 3 aromatic carbocycles. The number of hydrogen-bond donors (Lipinski definition) is 5. The van der Waals surface area contributed by atoms with Crippen LogP contribution in [0.3, 0.4) is 0 Å². The molecule has 3 aromatic rings. The molecule has 1 atom stereocenters. The fraction of sp³-hybridized carbons (Fsp3) is 0.0870. The highest BCUT2D eigenvalue weighted by molar-refractivity contribution is 6.48. The third-order valence-electron chi connectivity index (χ3n) is 4.53. The highest BCUT2D eigenvalue weighted by Gasteiger charge is 2.19. The molecule has 0 aliphatic rings. The van der Waals surface area contributed by atoms with Crippen molar-refractivity contribution in [3.63, 3.8) is 0 Å². The fourth-order valence-corrected chi connectivity index (χ4v) is 2.91. The lowest BCUT2D eigenvalue weighted by Crippen LogP contribution is -2.31. The number of anilines is 2. The molecule has 0 bridgehead atoms. The van der Waals surface area contributed by atoms with Crippen LogP contribution in [0, 0.1) is 5.41 Å². The minimum Gasteiger partial charge on any atom is -0.398 e. The number of nitrogens with one attached hydrogen (secondary N) is 3. The molecule has 0 aromatic heterocycles. The summed E-state index contributed by atoms with van der Waals surface area (Å²) in [6, 6.07) is 21.7. The summed E-state index contributed by atoms with van der Waals surface area (Å²) in [5.41, 5.74) is 7.49. The number of benzene rings is 3. The molecular weight excluding hydrogens is 380 g/mol. The summed E-state index contributed by atoms with van der Waals surface area (Å²) < 4.78 is 0. The number of carbonyl (C=O) groups excluding carboxylic acids is 2. The Kier molecular flexibility index (Phi) is 6.56. The molecule has 0 saturated heterocycles. The van der Waals surface area contributed by atoms with Gasteiger partial charge < -0.3 is 21.5 Å². The predicted octanol–water partition coefficient (Wildman–Crippen LogP) is 2.74. The van der Waals surface area contributed by atoms with Crippen molar-refractivity contribution in [1.29, 1.82) is 5.41 Å². The van der Waals surface area contributed by atoms with E-state index in [-0.39, 0.29) is 29.1 Å². The van der Waals surface area contributed by atoms with Gasteiger partial charge in [0.2, 0.25) is 0 Å². The summed E-state index contributed by atoms with van der Waals surface area (Å²) in [5, 5.41) is 23.2. The molecular formula is C23H22N4O3. The van der Waals surface area contributed by atoms with E-state index in [0.717, 1.165) is 5.56 Å². The molecule has 7 nitrogen and oxygen atoms in total. The van der Waals surface area contributed by atoms with Crippen LogP contribution in [0.2, 0.25) is 0 Å². The maximum atomic E-state index is 12.7. The Balaban J connectivity index is 1.77. The molecule has 152 valence electrons. The van der Waals surface area contributed by atoms with E-state index in [1.807, 2.05) is 24.3 Å². The van der Waals surface area contributed by atoms with Crippen molar-refractivity contribution in [2.75, 3.05) is 17.7 Å². The lowest BCUT2D eigenvalue weighted by Gasteiger charge is -2.17. The maximum Gasteiger partial charge on any atom is 0.274 e. The van der Waals surface area contributed by atoms with Gasteiger partial charge in [0, 0.05) is 22.5 Å². The van der Waals surface area contributed by atoms with Gasteiger partial charge in [0.1, 0.15) is 5.71 Å². The zero-order valence-electron chi connectivity index (χ0n) is 16.1. The Labute approximate surface area is 174 Å². The zero-order valence-corrected chi connectivity index (χ0v) is 16.1. The number of aliphatic hydroxyl groups is 1. The molecule has 0 saturated carbocycles. The number of rotatable bonds is 7. The van der Waals surface area contributed by atoms with Crippen LogP contribution in [0.4, 0.5) is 11.4 Å². The van der Waals surface area contributed by atoms with E-state index in [9.17, 15) is 14.7 Å². The number of aliphatic hydroxyl groups excluding tert-OH is 1. The van der Waals surface area contributed by atoms with E-state index >= 15 is 0 Å². The van der Waals surface area contributed by atoms with Crippen molar-refractivity contribution in [3.8, 4) is 0 Å². The number of para-hydroxylation sites is 1. The number of nitrogens with two attached hydrogens (primary N) is 1. The Bertz CT molecular complexity index is 1050. The van der Waals surface area contributed by atoms with Gasteiger partial charge in [-0.05, 0) is 35.9 Å². The van der Waals surface area contributed by atoms with E-state index in [1.54, 1.807) is 36.4 Å². The summed E-state index contributed by atoms with van der Waals surface area (Å²) >= 11 is 0. The number of hydrogen-bond acceptors (Lipinski definition) is 5. The van der Waals surface area contributed by atoms with Crippen molar-refractivity contribution in [2.24, 2.45) is 0 Å². The predicted molar refractivity (Wildman–Crippen MR) is 116 cm³/mol. The molecule has 7 heteroatoms. The molecule has 0 aliphatic carbocycles. The summed E-state index contributed by atoms with van der Waals surface area (Å²) in [4.78, 5) is 25.1. The number of amides is 2. The summed E-state index contributed by atoms with van der Waals surface area (Å²) in [7, 11) is 0. The van der Waals surface area contributed by atoms with Crippen LogP contribution in [0.15, 0.2) is 78.9 Å². The summed E-state index contributed by atoms with van der Waals surface area (Å²) in [6.45, 7) is -0.271. The SMILES string of the molecule is N=C(C(=O)Nc1ccccc1)c1cc(C(=O)N[C@H](CO)c2ccccc2)ccc1N. The minimum absolute atomic E-state index is 0.149. The number of nitrogen functional groups attached to an aromatic ring is 1. The molecule has 0 aliphatic heterocycles. The molecule has 6 N–H and O–H groups in total. The molecule has 2 amide bonds. The lowest BCUT2D eigenvalue weighted by molar-refractivity contribution is -0.110. The maximum absolute atomic E-state index is 12.7. The first-order valence-electron chi connectivity index (χ1n) is 9.31. The first kappa shape index (κ1) is 20.8. The van der Waals surface area contributed by atoms with Crippen LogP contribution in [-0.4, -0.2) is 29.2 Å². The standard InChI is InChI=1S/C23H22N4O3/c24-19-12-11-16(22(29)27-20(14-28)15-7-3-1-4-8-15)13-18(19)21(25)23(30)26-17-9-5-2-6-10-17/h1-13,20,25,28H,14,24H2,(H,26,30)(H,27,29)/t20-/m1/s1. The van der Waals surface area contributed by atoms with Gasteiger partial charge in [-0.25, -0.2) is 0 Å². The molecule has 30 heavy (non-hydrogen) atoms. The number of carbonyl (C=O) groups is 2. The van der Waals surface area contributed by atoms with Crippen molar-refractivity contribution in [3.05, 3.63) is 95.6 Å². The monoisotopic (exact) mass is 402 g/mol. The van der Waals surface area contributed by atoms with E-state index < -0.39 is 17.9 Å². The van der Waals surface area contributed by atoms with Gasteiger partial charge in [-0.15, -0.1) is 0 Å². The van der Waals surface area contributed by atoms with Crippen LogP contribution in [0.25, 0.3) is 0 Å². The van der Waals surface area contributed by atoms with Crippen LogP contribution in [0.5, 0.6) is 0 Å². The summed E-state index contributed by atoms with van der Waals surface area (Å²) in [6.07, 6.45) is 0. The van der Waals surface area contributed by atoms with Crippen LogP contribution in [0.1, 0.15) is 27.5 Å². The highest BCUT2D eigenvalue weighted by Crippen LogP contribution is 2.18. The van der Waals surface area contributed by atoms with Gasteiger partial charge in [0.25, 0.3) is 11.8 Å². The first-order valence-corrected chi connectivity index (χ1v) is 9.31. The topological polar surface area (TPSA) is 128 Å². The van der Waals surface area contributed by atoms with Crippen LogP contribution < -0.4 is 16.4 Å². The van der Waals surface area contributed by atoms with Gasteiger partial charge >= 0.3 is 0 Å². The fourth-order valence-electron chi connectivity index (χ4n) is 2.91. The van der Waals surface area contributed by atoms with Gasteiger partial charge in [-0.3, -0.25) is 15.0 Å². The molecule has 0 unspecified atom stereocenters. The zero-order chi connectivity index (χ0) is 21.5. The minimum atomic E-state index is -0.636. The van der Waals surface area contributed by atoms with E-state index in [0.29, 0.717) is 5.69 Å². The van der Waals surface area contributed by atoms with Crippen molar-refractivity contribution in [1.82, 2.24) is 5.32 Å². The van der Waals surface area contributed by atoms with Gasteiger partial charge in [-0.2, -0.15) is 0 Å². The Hall–Kier alpha value is -3.97. The quantitative estimate of drug-likeness (QED) is 0.307. The van der Waals surface area contributed by atoms with E-state index in [1.165, 1.54) is 18.2 Å². The van der Waals surface area contributed by atoms with Crippen molar-refractivity contribution < 1.29 is 14.7 Å². The van der Waals surface area contributed by atoms with Crippen molar-refractivity contribution >= 4 is 28.9 Å². The average molecular weight is 402 g/mol. The van der Waals surface area contributed by atoms with Gasteiger partial charge in [0.15, 0.2) is 0 Å². The van der Waals surface area contributed by atoms with Crippen molar-refractivity contribution in [2.45, 2.75) is 6.04 Å². The molecule has 3 rings (SSSR count). The highest BCUT2D eigenvalue weighted by atomic mass is 16.3. The molecule has 0 fully saturated rings. The molecule has 0 heterocycles. The lowest BCUT2D eigenvalue weighted by atomic mass is 10.0.